The Hall–Kier alpha value is -2.82. The van der Waals surface area contributed by atoms with Gasteiger partial charge in [-0.2, -0.15) is 0 Å². The molecule has 1 N–H and O–H groups in total. The highest BCUT2D eigenvalue weighted by Gasteiger charge is 2.34. The van der Waals surface area contributed by atoms with E-state index in [4.69, 9.17) is 4.74 Å². The van der Waals surface area contributed by atoms with Gasteiger partial charge in [0.2, 0.25) is 0 Å². The van der Waals surface area contributed by atoms with Crippen LogP contribution in [-0.2, 0) is 22.6 Å². The van der Waals surface area contributed by atoms with E-state index < -0.39 is 18.1 Å². The summed E-state index contributed by atoms with van der Waals surface area (Å²) < 4.78 is 5.39. The zero-order valence-corrected chi connectivity index (χ0v) is 13.9. The van der Waals surface area contributed by atoms with Crippen LogP contribution in [0.25, 0.3) is 0 Å². The molecule has 5 heteroatoms. The summed E-state index contributed by atoms with van der Waals surface area (Å²) in [6.45, 7) is 0.576. The maximum absolute atomic E-state index is 12.2. The summed E-state index contributed by atoms with van der Waals surface area (Å²) in [5.74, 6) is -0.973. The molecule has 5 nitrogen and oxygen atoms in total. The fraction of sp³-hybridized carbons (Fsp3) is 0.300. The van der Waals surface area contributed by atoms with Gasteiger partial charge in [0.1, 0.15) is 12.6 Å². The lowest BCUT2D eigenvalue weighted by molar-refractivity contribution is -0.141. The van der Waals surface area contributed by atoms with Gasteiger partial charge in [0.05, 0.1) is 0 Å². The number of carboxylic acids is 1. The largest absolute Gasteiger partial charge is 0.480 e. The van der Waals surface area contributed by atoms with E-state index >= 15 is 0 Å². The molecule has 0 aliphatic carbocycles. The molecule has 0 aromatic heterocycles. The molecule has 1 heterocycles. The monoisotopic (exact) mass is 339 g/mol. The van der Waals surface area contributed by atoms with Crippen molar-refractivity contribution in [3.8, 4) is 0 Å². The molecule has 25 heavy (non-hydrogen) atoms. The summed E-state index contributed by atoms with van der Waals surface area (Å²) in [6, 6.07) is 17.1. The van der Waals surface area contributed by atoms with Gasteiger partial charge in [-0.3, -0.25) is 4.90 Å². The predicted octanol–water partition coefficient (Wildman–Crippen LogP) is 3.46. The van der Waals surface area contributed by atoms with Crippen LogP contribution in [0.1, 0.15) is 29.5 Å². The fourth-order valence-corrected chi connectivity index (χ4v) is 3.15. The topological polar surface area (TPSA) is 66.8 Å². The van der Waals surface area contributed by atoms with Crippen molar-refractivity contribution >= 4 is 12.1 Å². The standard InChI is InChI=1S/C20H21NO4/c22-19(23)18-11-6-12-21(18)20(24)25-14-17-10-5-4-9-16(17)13-15-7-2-1-3-8-15/h1-5,7-10,18H,6,11-14H2,(H,22,23). The molecule has 2 aromatic rings. The first-order valence-electron chi connectivity index (χ1n) is 8.42. The van der Waals surface area contributed by atoms with Crippen molar-refractivity contribution in [3.63, 3.8) is 0 Å². The molecule has 0 saturated carbocycles. The molecule has 1 amide bonds. The molecule has 0 radical (unpaired) electrons. The Morgan fingerprint density at radius 2 is 1.72 bits per heavy atom. The van der Waals surface area contributed by atoms with Crippen molar-refractivity contribution in [1.29, 1.82) is 0 Å². The number of nitrogens with zero attached hydrogens (tertiary/aromatic N) is 1. The molecule has 1 saturated heterocycles. The third-order valence-electron chi connectivity index (χ3n) is 4.48. The summed E-state index contributed by atoms with van der Waals surface area (Å²) in [5, 5.41) is 9.18. The summed E-state index contributed by atoms with van der Waals surface area (Å²) >= 11 is 0. The minimum Gasteiger partial charge on any atom is -0.480 e. The fourth-order valence-electron chi connectivity index (χ4n) is 3.15. The molecule has 1 atom stereocenters. The lowest BCUT2D eigenvalue weighted by atomic mass is 10.0. The molecule has 2 aromatic carbocycles. The third-order valence-corrected chi connectivity index (χ3v) is 4.48. The first-order valence-corrected chi connectivity index (χ1v) is 8.42. The molecule has 1 aliphatic heterocycles. The Labute approximate surface area is 146 Å². The number of rotatable bonds is 5. The molecule has 0 spiro atoms. The zero-order valence-electron chi connectivity index (χ0n) is 13.9. The van der Waals surface area contributed by atoms with Gasteiger partial charge in [-0.05, 0) is 36.0 Å². The maximum Gasteiger partial charge on any atom is 0.410 e. The Morgan fingerprint density at radius 3 is 2.44 bits per heavy atom. The third kappa shape index (κ3) is 4.18. The van der Waals surface area contributed by atoms with Gasteiger partial charge in [-0.25, -0.2) is 9.59 Å². The van der Waals surface area contributed by atoms with E-state index in [9.17, 15) is 14.7 Å². The van der Waals surface area contributed by atoms with Crippen LogP contribution in [0.5, 0.6) is 0 Å². The van der Waals surface area contributed by atoms with Crippen molar-refractivity contribution in [3.05, 3.63) is 71.3 Å². The van der Waals surface area contributed by atoms with Crippen molar-refractivity contribution < 1.29 is 19.4 Å². The van der Waals surface area contributed by atoms with Gasteiger partial charge in [0, 0.05) is 6.54 Å². The lowest BCUT2D eigenvalue weighted by Crippen LogP contribution is -2.40. The van der Waals surface area contributed by atoms with Crippen LogP contribution in [0.15, 0.2) is 54.6 Å². The molecule has 1 fully saturated rings. The molecule has 130 valence electrons. The molecule has 0 bridgehead atoms. The highest BCUT2D eigenvalue weighted by molar-refractivity contribution is 5.80. The highest BCUT2D eigenvalue weighted by atomic mass is 16.6. The van der Waals surface area contributed by atoms with E-state index in [0.717, 1.165) is 17.5 Å². The maximum atomic E-state index is 12.2. The number of aliphatic carboxylic acids is 1. The number of carboxylic acid groups (broad SMARTS) is 1. The summed E-state index contributed by atoms with van der Waals surface area (Å²) in [5.41, 5.74) is 3.22. The van der Waals surface area contributed by atoms with Gasteiger partial charge < -0.3 is 9.84 Å². The Kier molecular flexibility index (Phi) is 5.33. The molecular formula is C20H21NO4. The second-order valence-corrected chi connectivity index (χ2v) is 6.18. The van der Waals surface area contributed by atoms with Crippen LogP contribution in [0.4, 0.5) is 4.79 Å². The highest BCUT2D eigenvalue weighted by Crippen LogP contribution is 2.20. The van der Waals surface area contributed by atoms with E-state index in [1.807, 2.05) is 42.5 Å². The normalized spacial score (nSPS) is 16.6. The van der Waals surface area contributed by atoms with Crippen LogP contribution in [0, 0.1) is 0 Å². The first-order chi connectivity index (χ1) is 12.1. The summed E-state index contributed by atoms with van der Waals surface area (Å²) in [7, 11) is 0. The van der Waals surface area contributed by atoms with E-state index in [0.29, 0.717) is 19.4 Å². The van der Waals surface area contributed by atoms with Crippen molar-refractivity contribution in [2.45, 2.75) is 31.9 Å². The Morgan fingerprint density at radius 1 is 1.04 bits per heavy atom. The van der Waals surface area contributed by atoms with Crippen molar-refractivity contribution in [2.75, 3.05) is 6.54 Å². The number of carbonyl (C=O) groups is 2. The van der Waals surface area contributed by atoms with Gasteiger partial charge in [0.25, 0.3) is 0 Å². The zero-order chi connectivity index (χ0) is 17.6. The molecule has 1 aliphatic rings. The van der Waals surface area contributed by atoms with Crippen molar-refractivity contribution in [1.82, 2.24) is 4.90 Å². The van der Waals surface area contributed by atoms with Crippen LogP contribution in [-0.4, -0.2) is 34.7 Å². The number of hydrogen-bond donors (Lipinski definition) is 1. The summed E-state index contributed by atoms with van der Waals surface area (Å²) in [4.78, 5) is 24.7. The second kappa shape index (κ2) is 7.83. The first kappa shape index (κ1) is 17.0. The summed E-state index contributed by atoms with van der Waals surface area (Å²) in [6.07, 6.45) is 1.38. The van der Waals surface area contributed by atoms with E-state index in [-0.39, 0.29) is 6.61 Å². The van der Waals surface area contributed by atoms with Crippen LogP contribution in [0.2, 0.25) is 0 Å². The number of amides is 1. The van der Waals surface area contributed by atoms with E-state index in [2.05, 4.69) is 12.1 Å². The predicted molar refractivity (Wildman–Crippen MR) is 93.2 cm³/mol. The number of ether oxygens (including phenoxy) is 1. The molecule has 3 rings (SSSR count). The number of hydrogen-bond acceptors (Lipinski definition) is 3. The van der Waals surface area contributed by atoms with E-state index in [1.54, 1.807) is 0 Å². The number of likely N-dealkylation sites (tertiary alicyclic amines) is 1. The van der Waals surface area contributed by atoms with Gasteiger partial charge in [-0.15, -0.1) is 0 Å². The lowest BCUT2D eigenvalue weighted by Gasteiger charge is -2.21. The quantitative estimate of drug-likeness (QED) is 0.906. The number of benzene rings is 2. The average Bonchev–Trinajstić information content (AvgIpc) is 3.12. The minimum absolute atomic E-state index is 0.144. The van der Waals surface area contributed by atoms with Crippen LogP contribution < -0.4 is 0 Å². The number of carbonyl (C=O) groups excluding carboxylic acids is 1. The van der Waals surface area contributed by atoms with Crippen LogP contribution >= 0.6 is 0 Å². The van der Waals surface area contributed by atoms with E-state index in [1.165, 1.54) is 10.5 Å². The minimum atomic E-state index is -0.973. The van der Waals surface area contributed by atoms with Crippen LogP contribution in [0.3, 0.4) is 0 Å². The smallest absolute Gasteiger partial charge is 0.410 e. The molecular weight excluding hydrogens is 318 g/mol. The van der Waals surface area contributed by atoms with Crippen molar-refractivity contribution in [2.24, 2.45) is 0 Å². The van der Waals surface area contributed by atoms with Gasteiger partial charge >= 0.3 is 12.1 Å². The SMILES string of the molecule is O=C(O)C1CCCN1C(=O)OCc1ccccc1Cc1ccccc1. The Bertz CT molecular complexity index is 744. The van der Waals surface area contributed by atoms with Gasteiger partial charge in [0.15, 0.2) is 0 Å². The Balaban J connectivity index is 1.65. The molecule has 1 unspecified atom stereocenters. The average molecular weight is 339 g/mol. The second-order valence-electron chi connectivity index (χ2n) is 6.18. The van der Waals surface area contributed by atoms with Gasteiger partial charge in [-0.1, -0.05) is 54.6 Å².